The maximum atomic E-state index is 12.8. The molecule has 0 amide bonds. The lowest BCUT2D eigenvalue weighted by atomic mass is 10.0. The number of carbonyl (C=O) groups is 1. The maximum Gasteiger partial charge on any atom is 0.220 e. The van der Waals surface area contributed by atoms with E-state index in [0.29, 0.717) is 11.6 Å². The number of ether oxygens (including phenoxy) is 2. The molecule has 0 spiro atoms. The van der Waals surface area contributed by atoms with Crippen LogP contribution in [0.4, 0.5) is 11.4 Å². The van der Waals surface area contributed by atoms with Crippen molar-refractivity contribution in [3.05, 3.63) is 53.1 Å². The molecule has 0 aromatic heterocycles. The molecule has 5 nitrogen and oxygen atoms in total. The van der Waals surface area contributed by atoms with Crippen LogP contribution in [0.5, 0.6) is 5.75 Å². The predicted molar refractivity (Wildman–Crippen MR) is 92.2 cm³/mol. The minimum atomic E-state index is -0.700. The molecule has 2 aliphatic heterocycles. The first-order valence-corrected chi connectivity index (χ1v) is 7.88. The van der Waals surface area contributed by atoms with Gasteiger partial charge >= 0.3 is 0 Å². The van der Waals surface area contributed by atoms with E-state index in [9.17, 15) is 4.79 Å². The van der Waals surface area contributed by atoms with Crippen molar-refractivity contribution in [3.8, 4) is 5.75 Å². The Kier molecular flexibility index (Phi) is 3.30. The molecular formula is C19H18N2O3. The lowest BCUT2D eigenvalue weighted by Gasteiger charge is -2.20. The molecule has 2 unspecified atom stereocenters. The fourth-order valence-corrected chi connectivity index (χ4v) is 3.13. The first-order valence-electron chi connectivity index (χ1n) is 7.88. The van der Waals surface area contributed by atoms with Gasteiger partial charge in [-0.2, -0.15) is 0 Å². The summed E-state index contributed by atoms with van der Waals surface area (Å²) in [7, 11) is 1.59. The Morgan fingerprint density at radius 2 is 1.92 bits per heavy atom. The zero-order chi connectivity index (χ0) is 16.8. The smallest absolute Gasteiger partial charge is 0.220 e. The van der Waals surface area contributed by atoms with Gasteiger partial charge in [-0.15, -0.1) is 0 Å². The fourth-order valence-electron chi connectivity index (χ4n) is 3.13. The van der Waals surface area contributed by atoms with E-state index in [1.54, 1.807) is 7.11 Å². The third-order valence-corrected chi connectivity index (χ3v) is 4.59. The summed E-state index contributed by atoms with van der Waals surface area (Å²) in [6, 6.07) is 10.9. The molecule has 1 fully saturated rings. The number of methoxy groups -OCH3 is 1. The van der Waals surface area contributed by atoms with Crippen molar-refractivity contribution in [2.45, 2.75) is 26.0 Å². The molecule has 24 heavy (non-hydrogen) atoms. The molecule has 1 N–H and O–H groups in total. The Balaban J connectivity index is 1.73. The molecule has 122 valence electrons. The van der Waals surface area contributed by atoms with Crippen molar-refractivity contribution in [2.24, 2.45) is 4.99 Å². The lowest BCUT2D eigenvalue weighted by Crippen LogP contribution is -2.34. The van der Waals surface area contributed by atoms with Crippen molar-refractivity contribution >= 4 is 23.1 Å². The second-order valence-corrected chi connectivity index (χ2v) is 6.12. The molecule has 2 aliphatic rings. The van der Waals surface area contributed by atoms with Crippen LogP contribution in [0.1, 0.15) is 22.8 Å². The summed E-state index contributed by atoms with van der Waals surface area (Å²) in [5, 5.41) is 3.27. The summed E-state index contributed by atoms with van der Waals surface area (Å²) in [5.74, 6) is 1.01. The number of Topliss-reactive ketones (excluding diaryl/α,β-unsaturated/α-hetero) is 1. The Hall–Kier alpha value is -2.82. The minimum Gasteiger partial charge on any atom is -0.496 e. The van der Waals surface area contributed by atoms with E-state index in [1.807, 2.05) is 50.2 Å². The largest absolute Gasteiger partial charge is 0.496 e. The van der Waals surface area contributed by atoms with Gasteiger partial charge in [-0.1, -0.05) is 18.2 Å². The van der Waals surface area contributed by atoms with Crippen molar-refractivity contribution in [1.29, 1.82) is 0 Å². The van der Waals surface area contributed by atoms with Gasteiger partial charge in [0.2, 0.25) is 11.7 Å². The van der Waals surface area contributed by atoms with Gasteiger partial charge in [0.15, 0.2) is 12.1 Å². The first-order chi connectivity index (χ1) is 11.6. The Morgan fingerprint density at radius 3 is 2.71 bits per heavy atom. The average Bonchev–Trinajstić information content (AvgIpc) is 2.90. The monoisotopic (exact) mass is 322 g/mol. The number of aryl methyl sites for hydroxylation is 2. The average molecular weight is 322 g/mol. The number of hydrogen-bond donors (Lipinski definition) is 1. The van der Waals surface area contributed by atoms with Gasteiger partial charge in [0.1, 0.15) is 5.75 Å². The number of carbonyl (C=O) groups excluding carboxylic acids is 1. The molecule has 2 atom stereocenters. The highest BCUT2D eigenvalue weighted by atomic mass is 16.5. The predicted octanol–water partition coefficient (Wildman–Crippen LogP) is 3.48. The summed E-state index contributed by atoms with van der Waals surface area (Å²) in [6.07, 6.45) is -0.700. The molecule has 0 saturated carbocycles. The molecule has 4 rings (SSSR count). The Bertz CT molecular complexity index is 873. The van der Waals surface area contributed by atoms with Crippen LogP contribution in [0.2, 0.25) is 0 Å². The second kappa shape index (κ2) is 5.37. The third-order valence-electron chi connectivity index (χ3n) is 4.59. The number of hydrogen-bond acceptors (Lipinski definition) is 5. The Morgan fingerprint density at radius 1 is 1.17 bits per heavy atom. The van der Waals surface area contributed by atoms with Crippen molar-refractivity contribution in [2.75, 3.05) is 12.4 Å². The van der Waals surface area contributed by atoms with Gasteiger partial charge in [-0.3, -0.25) is 4.79 Å². The quantitative estimate of drug-likeness (QED) is 0.919. The van der Waals surface area contributed by atoms with E-state index in [-0.39, 0.29) is 5.78 Å². The summed E-state index contributed by atoms with van der Waals surface area (Å²) < 4.78 is 11.3. The zero-order valence-corrected chi connectivity index (χ0v) is 13.8. The first kappa shape index (κ1) is 14.8. The minimum absolute atomic E-state index is 0.0536. The van der Waals surface area contributed by atoms with Gasteiger partial charge < -0.3 is 14.8 Å². The third kappa shape index (κ3) is 2.16. The van der Waals surface area contributed by atoms with E-state index in [4.69, 9.17) is 9.47 Å². The van der Waals surface area contributed by atoms with Crippen LogP contribution in [0.3, 0.4) is 0 Å². The van der Waals surface area contributed by atoms with Gasteiger partial charge in [-0.25, -0.2) is 4.99 Å². The summed E-state index contributed by atoms with van der Waals surface area (Å²) in [4.78, 5) is 17.4. The highest BCUT2D eigenvalue weighted by molar-refractivity contribution is 6.17. The van der Waals surface area contributed by atoms with Crippen molar-refractivity contribution in [1.82, 2.24) is 0 Å². The van der Waals surface area contributed by atoms with Gasteiger partial charge in [0, 0.05) is 5.56 Å². The zero-order valence-electron chi connectivity index (χ0n) is 13.8. The number of rotatable bonds is 2. The number of aliphatic imine (C=N–C) groups is 1. The number of nitrogens with zero attached hydrogens (tertiary/aromatic N) is 1. The number of fused-ring (bicyclic) bond motifs is 2. The van der Waals surface area contributed by atoms with Crippen LogP contribution >= 0.6 is 0 Å². The summed E-state index contributed by atoms with van der Waals surface area (Å²) >= 11 is 0. The van der Waals surface area contributed by atoms with E-state index in [1.165, 1.54) is 0 Å². The van der Waals surface area contributed by atoms with Crippen LogP contribution < -0.4 is 10.1 Å². The van der Waals surface area contributed by atoms with Gasteiger partial charge in [0.25, 0.3) is 0 Å². The molecule has 0 aliphatic carbocycles. The van der Waals surface area contributed by atoms with Gasteiger partial charge in [-0.05, 0) is 43.2 Å². The number of ketones is 1. The standard InChI is InChI=1S/C19H18N2O3/c1-10-8-13-14(9-11(10)2)21-19-16(20-13)17(22)18(24-19)12-6-4-5-7-15(12)23-3/h4-9,16,18,20H,1-3H3. The number of para-hydroxylation sites is 1. The van der Waals surface area contributed by atoms with Gasteiger partial charge in [0.05, 0.1) is 18.5 Å². The second-order valence-electron chi connectivity index (χ2n) is 6.12. The van der Waals surface area contributed by atoms with Crippen molar-refractivity contribution < 1.29 is 14.3 Å². The Labute approximate surface area is 140 Å². The fraction of sp³-hybridized carbons (Fsp3) is 0.263. The van der Waals surface area contributed by atoms with Crippen LogP contribution in [-0.4, -0.2) is 24.8 Å². The molecule has 2 aromatic carbocycles. The van der Waals surface area contributed by atoms with E-state index in [0.717, 1.165) is 28.1 Å². The number of nitrogens with one attached hydrogen (secondary N) is 1. The number of benzene rings is 2. The highest BCUT2D eigenvalue weighted by Crippen LogP contribution is 2.40. The normalized spacial score (nSPS) is 21.3. The molecule has 0 radical (unpaired) electrons. The van der Waals surface area contributed by atoms with Crippen LogP contribution in [-0.2, 0) is 9.53 Å². The highest BCUT2D eigenvalue weighted by Gasteiger charge is 2.45. The van der Waals surface area contributed by atoms with E-state index < -0.39 is 12.1 Å². The SMILES string of the molecule is COc1ccccc1C1OC2=Nc3cc(C)c(C)cc3NC2C1=O. The maximum absolute atomic E-state index is 12.8. The molecule has 5 heteroatoms. The lowest BCUT2D eigenvalue weighted by molar-refractivity contribution is -0.122. The molecule has 2 aromatic rings. The molecule has 1 saturated heterocycles. The molecule has 2 heterocycles. The topological polar surface area (TPSA) is 59.9 Å². The van der Waals surface area contributed by atoms with Crippen LogP contribution in [0, 0.1) is 13.8 Å². The van der Waals surface area contributed by atoms with Crippen LogP contribution in [0.25, 0.3) is 0 Å². The summed E-state index contributed by atoms with van der Waals surface area (Å²) in [5.41, 5.74) is 4.71. The van der Waals surface area contributed by atoms with Crippen molar-refractivity contribution in [3.63, 3.8) is 0 Å². The molecular weight excluding hydrogens is 304 g/mol. The molecule has 0 bridgehead atoms. The van der Waals surface area contributed by atoms with Crippen LogP contribution in [0.15, 0.2) is 41.4 Å². The van der Waals surface area contributed by atoms with E-state index in [2.05, 4.69) is 10.3 Å². The summed E-state index contributed by atoms with van der Waals surface area (Å²) in [6.45, 7) is 4.08. The number of anilines is 1. The van der Waals surface area contributed by atoms with E-state index >= 15 is 0 Å².